The summed E-state index contributed by atoms with van der Waals surface area (Å²) < 4.78 is 30.8. The molecule has 0 aromatic carbocycles. The van der Waals surface area contributed by atoms with E-state index < -0.39 is 11.8 Å². The van der Waals surface area contributed by atoms with E-state index in [0.29, 0.717) is 13.0 Å². The van der Waals surface area contributed by atoms with E-state index >= 15 is 0 Å². The van der Waals surface area contributed by atoms with Crippen LogP contribution in [0.2, 0.25) is 0 Å². The molecule has 1 heterocycles. The van der Waals surface area contributed by atoms with Crippen LogP contribution >= 0.6 is 0 Å². The van der Waals surface area contributed by atoms with Crippen LogP contribution in [0.5, 0.6) is 0 Å². The maximum absolute atomic E-state index is 13.0. The molecule has 66 valence electrons. The molecule has 1 aliphatic heterocycles. The van der Waals surface area contributed by atoms with Gasteiger partial charge >= 0.3 is 0 Å². The molecule has 4 heteroatoms. The minimum Gasteiger partial charge on any atom is -0.381 e. The van der Waals surface area contributed by atoms with Gasteiger partial charge in [0.15, 0.2) is 0 Å². The summed E-state index contributed by atoms with van der Waals surface area (Å²) in [5.74, 6) is -3.23. The molecule has 0 aliphatic carbocycles. The van der Waals surface area contributed by atoms with Gasteiger partial charge in [-0.25, -0.2) is 8.78 Å². The fourth-order valence-electron chi connectivity index (χ4n) is 1.26. The monoisotopic (exact) mass is 165 g/mol. The molecule has 1 atom stereocenters. The van der Waals surface area contributed by atoms with E-state index in [9.17, 15) is 8.78 Å². The molecule has 2 nitrogen and oxygen atoms in total. The van der Waals surface area contributed by atoms with Crippen LogP contribution in [-0.2, 0) is 4.74 Å². The van der Waals surface area contributed by atoms with Crippen molar-refractivity contribution in [2.75, 3.05) is 19.8 Å². The van der Waals surface area contributed by atoms with E-state index in [1.807, 2.05) is 0 Å². The van der Waals surface area contributed by atoms with Crippen LogP contribution in [0.3, 0.4) is 0 Å². The third-order valence-electron chi connectivity index (χ3n) is 2.00. The molecule has 11 heavy (non-hydrogen) atoms. The van der Waals surface area contributed by atoms with Gasteiger partial charge in [-0.15, -0.1) is 0 Å². The minimum atomic E-state index is -2.62. The summed E-state index contributed by atoms with van der Waals surface area (Å²) in [6, 6.07) is 0. The van der Waals surface area contributed by atoms with Gasteiger partial charge in [0.05, 0.1) is 6.61 Å². The Hall–Kier alpha value is -0.220. The zero-order valence-corrected chi connectivity index (χ0v) is 6.35. The molecule has 0 saturated carbocycles. The maximum Gasteiger partial charge on any atom is 0.254 e. The van der Waals surface area contributed by atoms with Crippen molar-refractivity contribution in [1.82, 2.24) is 0 Å². The highest BCUT2D eigenvalue weighted by molar-refractivity contribution is 4.80. The number of hydrogen-bond acceptors (Lipinski definition) is 2. The van der Waals surface area contributed by atoms with Crippen LogP contribution in [0, 0.1) is 5.92 Å². The largest absolute Gasteiger partial charge is 0.381 e. The Morgan fingerprint density at radius 2 is 2.27 bits per heavy atom. The van der Waals surface area contributed by atoms with Gasteiger partial charge in [0.1, 0.15) is 0 Å². The van der Waals surface area contributed by atoms with E-state index in [2.05, 4.69) is 0 Å². The van der Waals surface area contributed by atoms with E-state index in [4.69, 9.17) is 10.5 Å². The second-order valence-corrected chi connectivity index (χ2v) is 2.86. The lowest BCUT2D eigenvalue weighted by atomic mass is 9.98. The molecule has 0 amide bonds. The standard InChI is InChI=1S/C7H13F2NO/c8-7(9,2-3-10)6-1-4-11-5-6/h6H,1-5,10H2. The third-order valence-corrected chi connectivity index (χ3v) is 2.00. The number of ether oxygens (including phenoxy) is 1. The summed E-state index contributed by atoms with van der Waals surface area (Å²) in [6.45, 7) is 0.696. The van der Waals surface area contributed by atoms with Crippen LogP contribution in [-0.4, -0.2) is 25.7 Å². The Bertz CT molecular complexity index is 124. The lowest BCUT2D eigenvalue weighted by molar-refractivity contribution is -0.0641. The van der Waals surface area contributed by atoms with Gasteiger partial charge in [-0.2, -0.15) is 0 Å². The topological polar surface area (TPSA) is 35.2 Å². The minimum absolute atomic E-state index is 0.0451. The third kappa shape index (κ3) is 2.10. The van der Waals surface area contributed by atoms with Crippen molar-refractivity contribution in [2.24, 2.45) is 11.7 Å². The molecule has 1 saturated heterocycles. The summed E-state index contributed by atoms with van der Waals surface area (Å²) in [7, 11) is 0. The van der Waals surface area contributed by atoms with Crippen molar-refractivity contribution in [2.45, 2.75) is 18.8 Å². The van der Waals surface area contributed by atoms with Crippen molar-refractivity contribution >= 4 is 0 Å². The summed E-state index contributed by atoms with van der Waals surface area (Å²) in [5.41, 5.74) is 5.06. The van der Waals surface area contributed by atoms with Gasteiger partial charge in [0, 0.05) is 18.9 Å². The average molecular weight is 165 g/mol. The molecule has 1 unspecified atom stereocenters. The SMILES string of the molecule is NCCC(F)(F)C1CCOC1. The Balaban J connectivity index is 2.41. The molecule has 0 spiro atoms. The van der Waals surface area contributed by atoms with E-state index in [1.165, 1.54) is 0 Å². The lowest BCUT2D eigenvalue weighted by Gasteiger charge is -2.20. The molecule has 2 N–H and O–H groups in total. The van der Waals surface area contributed by atoms with E-state index in [0.717, 1.165) is 0 Å². The second kappa shape index (κ2) is 3.45. The molecule has 0 radical (unpaired) electrons. The van der Waals surface area contributed by atoms with E-state index in [1.54, 1.807) is 0 Å². The Labute approximate surface area is 64.7 Å². The van der Waals surface area contributed by atoms with Crippen molar-refractivity contribution in [3.63, 3.8) is 0 Å². The van der Waals surface area contributed by atoms with Gasteiger partial charge in [0.25, 0.3) is 5.92 Å². The van der Waals surface area contributed by atoms with Crippen molar-refractivity contribution in [3.8, 4) is 0 Å². The summed E-state index contributed by atoms with van der Waals surface area (Å²) >= 11 is 0. The first-order chi connectivity index (χ1) is 5.17. The number of nitrogens with two attached hydrogens (primary N) is 1. The molecular weight excluding hydrogens is 152 g/mol. The predicted octanol–water partition coefficient (Wildman–Crippen LogP) is 1.01. The Kier molecular flexibility index (Phi) is 2.78. The molecule has 1 fully saturated rings. The summed E-state index contributed by atoms with van der Waals surface area (Å²) in [5, 5.41) is 0. The molecule has 1 rings (SSSR count). The van der Waals surface area contributed by atoms with Gasteiger partial charge < -0.3 is 10.5 Å². The first-order valence-corrected chi connectivity index (χ1v) is 3.82. The fourth-order valence-corrected chi connectivity index (χ4v) is 1.26. The number of halogens is 2. The van der Waals surface area contributed by atoms with Crippen molar-refractivity contribution < 1.29 is 13.5 Å². The second-order valence-electron chi connectivity index (χ2n) is 2.86. The first kappa shape index (κ1) is 8.87. The zero-order chi connectivity index (χ0) is 8.32. The molecule has 1 aliphatic rings. The lowest BCUT2D eigenvalue weighted by Crippen LogP contribution is -2.31. The van der Waals surface area contributed by atoms with Crippen LogP contribution in [0.1, 0.15) is 12.8 Å². The van der Waals surface area contributed by atoms with Gasteiger partial charge in [0.2, 0.25) is 0 Å². The van der Waals surface area contributed by atoms with Crippen LogP contribution in [0.4, 0.5) is 8.78 Å². The maximum atomic E-state index is 13.0. The van der Waals surface area contributed by atoms with Crippen LogP contribution < -0.4 is 5.73 Å². The number of rotatable bonds is 3. The average Bonchev–Trinajstić information content (AvgIpc) is 2.37. The summed E-state index contributed by atoms with van der Waals surface area (Å²) in [6.07, 6.45) is 0.244. The van der Waals surface area contributed by atoms with Gasteiger partial charge in [-0.3, -0.25) is 0 Å². The normalized spacial score (nSPS) is 25.9. The highest BCUT2D eigenvalue weighted by Gasteiger charge is 2.40. The zero-order valence-electron chi connectivity index (χ0n) is 6.35. The van der Waals surface area contributed by atoms with Crippen molar-refractivity contribution in [3.05, 3.63) is 0 Å². The van der Waals surface area contributed by atoms with Gasteiger partial charge in [-0.05, 0) is 13.0 Å². The fraction of sp³-hybridized carbons (Fsp3) is 1.00. The molecule has 0 bridgehead atoms. The van der Waals surface area contributed by atoms with Crippen LogP contribution in [0.25, 0.3) is 0 Å². The Morgan fingerprint density at radius 3 is 2.73 bits per heavy atom. The van der Waals surface area contributed by atoms with Crippen molar-refractivity contribution in [1.29, 1.82) is 0 Å². The van der Waals surface area contributed by atoms with Gasteiger partial charge in [-0.1, -0.05) is 0 Å². The molecule has 0 aromatic rings. The number of alkyl halides is 2. The highest BCUT2D eigenvalue weighted by atomic mass is 19.3. The first-order valence-electron chi connectivity index (χ1n) is 3.82. The Morgan fingerprint density at radius 1 is 1.55 bits per heavy atom. The van der Waals surface area contributed by atoms with E-state index in [-0.39, 0.29) is 19.6 Å². The molecule has 0 aromatic heterocycles. The smallest absolute Gasteiger partial charge is 0.254 e. The highest BCUT2D eigenvalue weighted by Crippen LogP contribution is 2.33. The quantitative estimate of drug-likeness (QED) is 0.677. The summed E-state index contributed by atoms with van der Waals surface area (Å²) in [4.78, 5) is 0. The van der Waals surface area contributed by atoms with Crippen LogP contribution in [0.15, 0.2) is 0 Å². The number of hydrogen-bond donors (Lipinski definition) is 1. The predicted molar refractivity (Wildman–Crippen MR) is 37.5 cm³/mol. The molecular formula is C7H13F2NO.